The molecule has 1 N–H and O–H groups in total. The molecule has 1 aliphatic rings. The third kappa shape index (κ3) is 3.70. The lowest BCUT2D eigenvalue weighted by molar-refractivity contribution is 0.392. The molecular weight excluding hydrogens is 222 g/mol. The fourth-order valence-electron chi connectivity index (χ4n) is 2.68. The van der Waals surface area contributed by atoms with Crippen LogP contribution in [0.4, 0.5) is 5.69 Å². The molecule has 0 bridgehead atoms. The number of hydrogen-bond donors (Lipinski definition) is 1. The molecule has 1 saturated heterocycles. The molecule has 18 heavy (non-hydrogen) atoms. The van der Waals surface area contributed by atoms with Gasteiger partial charge in [-0.15, -0.1) is 0 Å². The minimum Gasteiger partial charge on any atom is -0.371 e. The summed E-state index contributed by atoms with van der Waals surface area (Å²) in [6, 6.07) is 4.33. The van der Waals surface area contributed by atoms with Crippen LogP contribution in [0.2, 0.25) is 0 Å². The van der Waals surface area contributed by atoms with Crippen LogP contribution >= 0.6 is 0 Å². The Hall–Kier alpha value is -1.09. The number of piperidine rings is 1. The van der Waals surface area contributed by atoms with Crippen LogP contribution in [0, 0.1) is 12.8 Å². The highest BCUT2D eigenvalue weighted by atomic mass is 15.1. The number of nitrogens with zero attached hydrogens (tertiary/aromatic N) is 2. The Labute approximate surface area is 111 Å². The number of aryl methyl sites for hydroxylation is 1. The summed E-state index contributed by atoms with van der Waals surface area (Å²) >= 11 is 0. The zero-order chi connectivity index (χ0) is 12.8. The second-order valence-corrected chi connectivity index (χ2v) is 5.31. The molecular formula is C15H25N3. The predicted molar refractivity (Wildman–Crippen MR) is 77.1 cm³/mol. The summed E-state index contributed by atoms with van der Waals surface area (Å²) < 4.78 is 0. The summed E-state index contributed by atoms with van der Waals surface area (Å²) in [7, 11) is 0. The summed E-state index contributed by atoms with van der Waals surface area (Å²) in [6.07, 6.45) is 5.81. The number of hydrogen-bond acceptors (Lipinski definition) is 3. The molecule has 0 radical (unpaired) electrons. The molecule has 3 nitrogen and oxygen atoms in total. The van der Waals surface area contributed by atoms with Gasteiger partial charge in [0.2, 0.25) is 0 Å². The molecule has 0 aliphatic carbocycles. The molecule has 1 aliphatic heterocycles. The quantitative estimate of drug-likeness (QED) is 0.811. The van der Waals surface area contributed by atoms with Crippen molar-refractivity contribution in [2.45, 2.75) is 33.1 Å². The second kappa shape index (κ2) is 6.74. The molecule has 3 heteroatoms. The van der Waals surface area contributed by atoms with Gasteiger partial charge in [-0.05, 0) is 57.3 Å². The van der Waals surface area contributed by atoms with Crippen LogP contribution in [0.25, 0.3) is 0 Å². The molecule has 0 aromatic carbocycles. The van der Waals surface area contributed by atoms with E-state index in [0.717, 1.165) is 24.7 Å². The number of anilines is 1. The lowest BCUT2D eigenvalue weighted by Gasteiger charge is -2.34. The summed E-state index contributed by atoms with van der Waals surface area (Å²) in [6.45, 7) is 8.96. The fraction of sp³-hybridized carbons (Fsp3) is 0.667. The van der Waals surface area contributed by atoms with Crippen LogP contribution in [-0.2, 0) is 0 Å². The van der Waals surface area contributed by atoms with E-state index in [9.17, 15) is 0 Å². The van der Waals surface area contributed by atoms with Crippen LogP contribution in [0.5, 0.6) is 0 Å². The molecule has 1 aromatic heterocycles. The normalized spacial score (nSPS) is 20.1. The van der Waals surface area contributed by atoms with Gasteiger partial charge in [0.15, 0.2) is 0 Å². The molecule has 1 aromatic rings. The van der Waals surface area contributed by atoms with E-state index < -0.39 is 0 Å². The van der Waals surface area contributed by atoms with Crippen molar-refractivity contribution in [1.29, 1.82) is 0 Å². The molecule has 0 spiro atoms. The first-order chi connectivity index (χ1) is 8.79. The molecule has 0 saturated carbocycles. The molecule has 1 fully saturated rings. The first kappa shape index (κ1) is 13.3. The Bertz CT molecular complexity index is 365. The van der Waals surface area contributed by atoms with Gasteiger partial charge in [-0.3, -0.25) is 4.98 Å². The second-order valence-electron chi connectivity index (χ2n) is 5.31. The number of aromatic nitrogens is 1. The largest absolute Gasteiger partial charge is 0.371 e. The van der Waals surface area contributed by atoms with Crippen molar-refractivity contribution in [2.75, 3.05) is 31.1 Å². The average Bonchev–Trinajstić information content (AvgIpc) is 2.39. The molecule has 100 valence electrons. The maximum absolute atomic E-state index is 4.28. The molecule has 0 amide bonds. The summed E-state index contributed by atoms with van der Waals surface area (Å²) in [5, 5.41) is 3.55. The first-order valence-corrected chi connectivity index (χ1v) is 7.18. The Morgan fingerprint density at radius 1 is 1.50 bits per heavy atom. The first-order valence-electron chi connectivity index (χ1n) is 7.18. The van der Waals surface area contributed by atoms with E-state index in [1.807, 2.05) is 6.20 Å². The minimum atomic E-state index is 0.791. The fourth-order valence-corrected chi connectivity index (χ4v) is 2.68. The van der Waals surface area contributed by atoms with E-state index in [1.165, 1.54) is 38.0 Å². The summed E-state index contributed by atoms with van der Waals surface area (Å²) in [4.78, 5) is 6.79. The van der Waals surface area contributed by atoms with Gasteiger partial charge in [0, 0.05) is 30.7 Å². The van der Waals surface area contributed by atoms with Crippen molar-refractivity contribution < 1.29 is 0 Å². The number of pyridine rings is 1. The highest BCUT2D eigenvalue weighted by molar-refractivity contribution is 5.46. The third-order valence-corrected chi connectivity index (χ3v) is 3.62. The van der Waals surface area contributed by atoms with Crippen LogP contribution < -0.4 is 10.2 Å². The van der Waals surface area contributed by atoms with Crippen LogP contribution in [-0.4, -0.2) is 31.2 Å². The zero-order valence-electron chi connectivity index (χ0n) is 11.7. The molecule has 1 unspecified atom stereocenters. The Balaban J connectivity index is 1.90. The van der Waals surface area contributed by atoms with Gasteiger partial charge in [-0.2, -0.15) is 0 Å². The van der Waals surface area contributed by atoms with Crippen LogP contribution in [0.3, 0.4) is 0 Å². The lowest BCUT2D eigenvalue weighted by Crippen LogP contribution is -2.39. The number of nitrogens with one attached hydrogen (secondary N) is 1. The lowest BCUT2D eigenvalue weighted by atomic mass is 9.97. The van der Waals surface area contributed by atoms with Gasteiger partial charge in [-0.25, -0.2) is 0 Å². The monoisotopic (exact) mass is 247 g/mol. The topological polar surface area (TPSA) is 28.2 Å². The van der Waals surface area contributed by atoms with E-state index in [1.54, 1.807) is 0 Å². The smallest absolute Gasteiger partial charge is 0.0399 e. The highest BCUT2D eigenvalue weighted by Gasteiger charge is 2.19. The highest BCUT2D eigenvalue weighted by Crippen LogP contribution is 2.22. The van der Waals surface area contributed by atoms with Crippen molar-refractivity contribution in [3.05, 3.63) is 24.0 Å². The Morgan fingerprint density at radius 2 is 2.39 bits per heavy atom. The Kier molecular flexibility index (Phi) is 5.00. The van der Waals surface area contributed by atoms with Gasteiger partial charge in [0.05, 0.1) is 0 Å². The van der Waals surface area contributed by atoms with Gasteiger partial charge in [-0.1, -0.05) is 6.92 Å². The van der Waals surface area contributed by atoms with E-state index in [4.69, 9.17) is 0 Å². The standard InChI is InChI=1S/C15H25N3/c1-3-7-16-11-14-5-4-9-18(12-14)15-6-8-17-13(2)10-15/h6,8,10,14,16H,3-5,7,9,11-12H2,1-2H3. The van der Waals surface area contributed by atoms with Crippen molar-refractivity contribution >= 4 is 5.69 Å². The van der Waals surface area contributed by atoms with E-state index in [0.29, 0.717) is 0 Å². The van der Waals surface area contributed by atoms with E-state index >= 15 is 0 Å². The summed E-state index contributed by atoms with van der Waals surface area (Å²) in [5.74, 6) is 0.791. The SMILES string of the molecule is CCCNCC1CCCN(c2ccnc(C)c2)C1. The van der Waals surface area contributed by atoms with Crippen molar-refractivity contribution in [3.63, 3.8) is 0 Å². The maximum atomic E-state index is 4.28. The van der Waals surface area contributed by atoms with Crippen molar-refractivity contribution in [1.82, 2.24) is 10.3 Å². The van der Waals surface area contributed by atoms with E-state index in [-0.39, 0.29) is 0 Å². The van der Waals surface area contributed by atoms with Crippen molar-refractivity contribution in [2.24, 2.45) is 5.92 Å². The molecule has 1 atom stereocenters. The van der Waals surface area contributed by atoms with Gasteiger partial charge in [0.1, 0.15) is 0 Å². The molecule has 2 rings (SSSR count). The zero-order valence-corrected chi connectivity index (χ0v) is 11.7. The molecule has 2 heterocycles. The summed E-state index contributed by atoms with van der Waals surface area (Å²) in [5.41, 5.74) is 2.45. The third-order valence-electron chi connectivity index (χ3n) is 3.62. The minimum absolute atomic E-state index is 0.791. The maximum Gasteiger partial charge on any atom is 0.0399 e. The van der Waals surface area contributed by atoms with Gasteiger partial charge in [0.25, 0.3) is 0 Å². The predicted octanol–water partition coefficient (Wildman–Crippen LogP) is 2.61. The Morgan fingerprint density at radius 3 is 3.17 bits per heavy atom. The number of rotatable bonds is 5. The average molecular weight is 247 g/mol. The van der Waals surface area contributed by atoms with Crippen LogP contribution in [0.15, 0.2) is 18.3 Å². The van der Waals surface area contributed by atoms with Crippen LogP contribution in [0.1, 0.15) is 31.9 Å². The van der Waals surface area contributed by atoms with Gasteiger partial charge >= 0.3 is 0 Å². The van der Waals surface area contributed by atoms with E-state index in [2.05, 4.69) is 41.2 Å². The van der Waals surface area contributed by atoms with Crippen molar-refractivity contribution in [3.8, 4) is 0 Å². The van der Waals surface area contributed by atoms with Gasteiger partial charge < -0.3 is 10.2 Å².